The van der Waals surface area contributed by atoms with Crippen LogP contribution in [-0.2, 0) is 4.79 Å². The Morgan fingerprint density at radius 3 is 2.67 bits per heavy atom. The molecule has 0 fully saturated rings. The Morgan fingerprint density at radius 1 is 1.40 bits per heavy atom. The number of hydrogen-bond acceptors (Lipinski definition) is 4. The Hall–Kier alpha value is -1.71. The van der Waals surface area contributed by atoms with Gasteiger partial charge in [0.1, 0.15) is 5.75 Å². The molecule has 1 aromatic carbocycles. The van der Waals surface area contributed by atoms with Gasteiger partial charge in [-0.05, 0) is 19.1 Å². The number of ether oxygens (including phenoxy) is 2. The van der Waals surface area contributed by atoms with E-state index in [9.17, 15) is 9.90 Å². The Bertz CT molecular complexity index is 346. The molecule has 1 N–H and O–H groups in total. The largest absolute Gasteiger partial charge is 0.504 e. The number of carbonyl (C=O) groups excluding carboxylic acids is 1. The van der Waals surface area contributed by atoms with Crippen molar-refractivity contribution in [3.8, 4) is 17.2 Å². The summed E-state index contributed by atoms with van der Waals surface area (Å²) in [5.41, 5.74) is 0. The van der Waals surface area contributed by atoms with Crippen molar-refractivity contribution >= 4 is 5.97 Å². The molecule has 15 heavy (non-hydrogen) atoms. The third-order valence-electron chi connectivity index (χ3n) is 1.75. The summed E-state index contributed by atoms with van der Waals surface area (Å²) in [5.74, 6) is 0.230. The number of esters is 1. The minimum absolute atomic E-state index is 0.0947. The van der Waals surface area contributed by atoms with Crippen LogP contribution in [0, 0.1) is 0 Å². The summed E-state index contributed by atoms with van der Waals surface area (Å²) in [4.78, 5) is 11.0. The molecule has 0 aliphatic heterocycles. The molecule has 0 aromatic heterocycles. The molecule has 0 atom stereocenters. The minimum Gasteiger partial charge on any atom is -0.504 e. The van der Waals surface area contributed by atoms with E-state index >= 15 is 0 Å². The fourth-order valence-corrected chi connectivity index (χ4v) is 1.03. The zero-order valence-electron chi connectivity index (χ0n) is 8.82. The molecule has 1 rings (SSSR count). The molecule has 0 bridgehead atoms. The number of phenols is 1. The highest BCUT2D eigenvalue weighted by atomic mass is 16.5. The summed E-state index contributed by atoms with van der Waals surface area (Å²) >= 11 is 0. The van der Waals surface area contributed by atoms with Gasteiger partial charge in [0, 0.05) is 12.5 Å². The number of phenolic OH excluding ortho intramolecular Hbond substituents is 1. The average Bonchev–Trinajstić information content (AvgIpc) is 2.22. The molecular weight excluding hydrogens is 196 g/mol. The van der Waals surface area contributed by atoms with Crippen LogP contribution >= 0.6 is 0 Å². The van der Waals surface area contributed by atoms with Gasteiger partial charge in [-0.3, -0.25) is 4.79 Å². The Balaban J connectivity index is 2.78. The van der Waals surface area contributed by atoms with Crippen LogP contribution in [0.15, 0.2) is 18.2 Å². The summed E-state index contributed by atoms with van der Waals surface area (Å²) in [6.07, 6.45) is 0.270. The van der Waals surface area contributed by atoms with E-state index < -0.39 is 0 Å². The number of rotatable bonds is 4. The second-order valence-corrected chi connectivity index (χ2v) is 2.89. The van der Waals surface area contributed by atoms with E-state index in [1.54, 1.807) is 13.0 Å². The van der Waals surface area contributed by atoms with Crippen molar-refractivity contribution in [1.29, 1.82) is 0 Å². The van der Waals surface area contributed by atoms with Gasteiger partial charge >= 0.3 is 5.97 Å². The summed E-state index contributed by atoms with van der Waals surface area (Å²) in [7, 11) is 0. The Morgan fingerprint density at radius 2 is 2.13 bits per heavy atom. The average molecular weight is 210 g/mol. The lowest BCUT2D eigenvalue weighted by Crippen LogP contribution is -2.05. The second kappa shape index (κ2) is 5.24. The predicted octanol–water partition coefficient (Wildman–Crippen LogP) is 2.11. The van der Waals surface area contributed by atoms with Crippen LogP contribution in [0.1, 0.15) is 20.3 Å². The molecule has 1 aromatic rings. The number of carbonyl (C=O) groups is 1. The zero-order chi connectivity index (χ0) is 11.3. The van der Waals surface area contributed by atoms with E-state index in [1.807, 2.05) is 6.92 Å². The normalized spacial score (nSPS) is 9.73. The molecule has 0 unspecified atom stereocenters. The molecule has 0 saturated heterocycles. The SMILES string of the molecule is CCOc1ccc(OC(=O)CC)c(O)c1. The maximum atomic E-state index is 11.0. The summed E-state index contributed by atoms with van der Waals surface area (Å²) < 4.78 is 10.1. The van der Waals surface area contributed by atoms with Gasteiger partial charge in [-0.1, -0.05) is 6.92 Å². The fourth-order valence-electron chi connectivity index (χ4n) is 1.03. The van der Waals surface area contributed by atoms with Gasteiger partial charge in [-0.25, -0.2) is 0 Å². The van der Waals surface area contributed by atoms with E-state index in [2.05, 4.69) is 0 Å². The molecule has 0 aliphatic carbocycles. The van der Waals surface area contributed by atoms with Crippen LogP contribution in [0.5, 0.6) is 17.2 Å². The minimum atomic E-state index is -0.380. The van der Waals surface area contributed by atoms with Gasteiger partial charge in [0.05, 0.1) is 6.61 Å². The molecule has 0 radical (unpaired) electrons. The fraction of sp³-hybridized carbons (Fsp3) is 0.364. The highest BCUT2D eigenvalue weighted by Gasteiger charge is 2.07. The maximum Gasteiger partial charge on any atom is 0.311 e. The van der Waals surface area contributed by atoms with Crippen LogP contribution in [0.25, 0.3) is 0 Å². The van der Waals surface area contributed by atoms with Gasteiger partial charge in [-0.2, -0.15) is 0 Å². The van der Waals surface area contributed by atoms with Gasteiger partial charge in [0.2, 0.25) is 0 Å². The summed E-state index contributed by atoms with van der Waals surface area (Å²) in [5, 5.41) is 9.51. The molecule has 0 saturated carbocycles. The van der Waals surface area contributed by atoms with Crippen molar-refractivity contribution in [2.24, 2.45) is 0 Å². The highest BCUT2D eigenvalue weighted by Crippen LogP contribution is 2.30. The summed E-state index contributed by atoms with van der Waals surface area (Å²) in [6.45, 7) is 4.06. The maximum absolute atomic E-state index is 11.0. The quantitative estimate of drug-likeness (QED) is 0.610. The van der Waals surface area contributed by atoms with Crippen LogP contribution in [-0.4, -0.2) is 17.7 Å². The first kappa shape index (κ1) is 11.4. The van der Waals surface area contributed by atoms with Gasteiger partial charge in [-0.15, -0.1) is 0 Å². The van der Waals surface area contributed by atoms with E-state index in [-0.39, 0.29) is 23.9 Å². The number of hydrogen-bond donors (Lipinski definition) is 1. The van der Waals surface area contributed by atoms with Crippen molar-refractivity contribution in [2.45, 2.75) is 20.3 Å². The second-order valence-electron chi connectivity index (χ2n) is 2.89. The van der Waals surface area contributed by atoms with Crippen LogP contribution in [0.4, 0.5) is 0 Å². The summed E-state index contributed by atoms with van der Waals surface area (Å²) in [6, 6.07) is 4.57. The first-order valence-electron chi connectivity index (χ1n) is 4.83. The molecule has 82 valence electrons. The first-order chi connectivity index (χ1) is 7.17. The lowest BCUT2D eigenvalue weighted by Gasteiger charge is -2.07. The van der Waals surface area contributed by atoms with Gasteiger partial charge in [0.25, 0.3) is 0 Å². The Labute approximate surface area is 88.4 Å². The van der Waals surface area contributed by atoms with Crippen LogP contribution in [0.3, 0.4) is 0 Å². The third-order valence-corrected chi connectivity index (χ3v) is 1.75. The lowest BCUT2D eigenvalue weighted by atomic mass is 10.3. The molecule has 0 heterocycles. The smallest absolute Gasteiger partial charge is 0.311 e. The van der Waals surface area contributed by atoms with Crippen molar-refractivity contribution in [2.75, 3.05) is 6.61 Å². The monoisotopic (exact) mass is 210 g/mol. The van der Waals surface area contributed by atoms with Crippen molar-refractivity contribution in [1.82, 2.24) is 0 Å². The first-order valence-corrected chi connectivity index (χ1v) is 4.83. The predicted molar refractivity (Wildman–Crippen MR) is 55.2 cm³/mol. The van der Waals surface area contributed by atoms with E-state index in [0.29, 0.717) is 12.4 Å². The molecule has 4 nitrogen and oxygen atoms in total. The third kappa shape index (κ3) is 3.16. The highest BCUT2D eigenvalue weighted by molar-refractivity contribution is 5.72. The molecule has 0 amide bonds. The van der Waals surface area contributed by atoms with Gasteiger partial charge < -0.3 is 14.6 Å². The van der Waals surface area contributed by atoms with Crippen molar-refractivity contribution in [3.63, 3.8) is 0 Å². The van der Waals surface area contributed by atoms with Gasteiger partial charge in [0.15, 0.2) is 11.5 Å². The molecule has 0 aliphatic rings. The van der Waals surface area contributed by atoms with Crippen LogP contribution in [0.2, 0.25) is 0 Å². The topological polar surface area (TPSA) is 55.8 Å². The molecule has 4 heteroatoms. The Kier molecular flexibility index (Phi) is 3.97. The van der Waals surface area contributed by atoms with E-state index in [1.165, 1.54) is 12.1 Å². The van der Waals surface area contributed by atoms with Crippen molar-refractivity contribution < 1.29 is 19.4 Å². The number of aromatic hydroxyl groups is 1. The van der Waals surface area contributed by atoms with Crippen LogP contribution < -0.4 is 9.47 Å². The number of benzene rings is 1. The van der Waals surface area contributed by atoms with E-state index in [4.69, 9.17) is 9.47 Å². The standard InChI is InChI=1S/C11H14O4/c1-3-11(13)15-10-6-5-8(14-4-2)7-9(10)12/h5-7,12H,3-4H2,1-2H3. The zero-order valence-corrected chi connectivity index (χ0v) is 8.82. The molecule has 0 spiro atoms. The lowest BCUT2D eigenvalue weighted by molar-refractivity contribution is -0.134. The molecular formula is C11H14O4. The van der Waals surface area contributed by atoms with Crippen molar-refractivity contribution in [3.05, 3.63) is 18.2 Å². The van der Waals surface area contributed by atoms with E-state index in [0.717, 1.165) is 0 Å².